The number of hydrogen-bond donors (Lipinski definition) is 1. The molecule has 0 saturated carbocycles. The van der Waals surface area contributed by atoms with Gasteiger partial charge in [0.2, 0.25) is 5.91 Å². The Labute approximate surface area is 104 Å². The topological polar surface area (TPSA) is 55.6 Å². The molecule has 0 aromatic carbocycles. The minimum Gasteiger partial charge on any atom is -0.369 e. The highest BCUT2D eigenvalue weighted by molar-refractivity contribution is 5.85. The number of nitrogens with two attached hydrogens (primary N) is 1. The largest absolute Gasteiger partial charge is 0.369 e. The Kier molecular flexibility index (Phi) is 7.72. The number of carbonyl (C=O) groups excluding carboxylic acids is 1. The van der Waals surface area contributed by atoms with E-state index in [9.17, 15) is 4.79 Å². The van der Waals surface area contributed by atoms with Gasteiger partial charge in [-0.25, -0.2) is 0 Å². The van der Waals surface area contributed by atoms with Crippen molar-refractivity contribution in [2.75, 3.05) is 26.2 Å². The second-order valence-electron chi connectivity index (χ2n) is 4.44. The fraction of sp³-hybridized carbons (Fsp3) is 0.909. The van der Waals surface area contributed by atoms with Gasteiger partial charge in [-0.05, 0) is 39.2 Å². The van der Waals surface area contributed by atoms with Crippen molar-refractivity contribution < 1.29 is 9.53 Å². The first-order valence-corrected chi connectivity index (χ1v) is 5.73. The molecular formula is C11H23ClN2O2. The van der Waals surface area contributed by atoms with Crippen molar-refractivity contribution in [2.24, 2.45) is 11.7 Å². The quantitative estimate of drug-likeness (QED) is 0.811. The zero-order valence-electron chi connectivity index (χ0n) is 10.1. The maximum absolute atomic E-state index is 11.7. The van der Waals surface area contributed by atoms with Crippen LogP contribution in [0.3, 0.4) is 0 Å². The lowest BCUT2D eigenvalue weighted by atomic mass is 9.98. The third kappa shape index (κ3) is 5.14. The van der Waals surface area contributed by atoms with Gasteiger partial charge in [0, 0.05) is 13.1 Å². The summed E-state index contributed by atoms with van der Waals surface area (Å²) in [5.41, 5.74) is 5.62. The number of halogens is 1. The molecule has 1 rings (SSSR count). The minimum atomic E-state index is 0. The van der Waals surface area contributed by atoms with Crippen molar-refractivity contribution in [3.05, 3.63) is 0 Å². The van der Waals surface area contributed by atoms with E-state index in [1.54, 1.807) is 0 Å². The Balaban J connectivity index is 0.00000225. The minimum absolute atomic E-state index is 0. The molecule has 0 aromatic rings. The number of ether oxygens (including phenoxy) is 1. The Morgan fingerprint density at radius 1 is 1.56 bits per heavy atom. The average molecular weight is 251 g/mol. The normalized spacial score (nSPS) is 20.8. The van der Waals surface area contributed by atoms with Crippen molar-refractivity contribution in [1.29, 1.82) is 0 Å². The molecule has 1 atom stereocenters. The van der Waals surface area contributed by atoms with Crippen LogP contribution in [-0.4, -0.2) is 43.2 Å². The molecule has 2 N–H and O–H groups in total. The van der Waals surface area contributed by atoms with Crippen molar-refractivity contribution in [1.82, 2.24) is 4.90 Å². The highest BCUT2D eigenvalue weighted by Crippen LogP contribution is 2.15. The van der Waals surface area contributed by atoms with Crippen LogP contribution in [-0.2, 0) is 9.53 Å². The van der Waals surface area contributed by atoms with Gasteiger partial charge in [0.15, 0.2) is 0 Å². The number of nitrogens with zero attached hydrogens (tertiary/aromatic N) is 1. The molecule has 5 heteroatoms. The Bertz CT molecular complexity index is 212. The summed E-state index contributed by atoms with van der Waals surface area (Å²) in [5, 5.41) is 0. The molecule has 16 heavy (non-hydrogen) atoms. The van der Waals surface area contributed by atoms with Gasteiger partial charge in [-0.15, -0.1) is 12.4 Å². The molecule has 1 aliphatic rings. The second kappa shape index (κ2) is 7.87. The molecule has 0 radical (unpaired) electrons. The number of piperidine rings is 1. The van der Waals surface area contributed by atoms with Gasteiger partial charge in [0.05, 0.1) is 6.10 Å². The summed E-state index contributed by atoms with van der Waals surface area (Å²) in [5.74, 6) is 0.573. The maximum atomic E-state index is 11.7. The van der Waals surface area contributed by atoms with Crippen LogP contribution in [0, 0.1) is 5.92 Å². The number of carbonyl (C=O) groups is 1. The van der Waals surface area contributed by atoms with Gasteiger partial charge >= 0.3 is 0 Å². The number of hydrogen-bond acceptors (Lipinski definition) is 3. The van der Waals surface area contributed by atoms with E-state index in [4.69, 9.17) is 10.5 Å². The van der Waals surface area contributed by atoms with Crippen LogP contribution < -0.4 is 5.73 Å². The molecule has 0 aliphatic carbocycles. The summed E-state index contributed by atoms with van der Waals surface area (Å²) in [7, 11) is 0. The van der Waals surface area contributed by atoms with Crippen LogP contribution in [0.2, 0.25) is 0 Å². The summed E-state index contributed by atoms with van der Waals surface area (Å²) in [6.07, 6.45) is 2.32. The smallest absolute Gasteiger partial charge is 0.248 e. The average Bonchev–Trinajstić information content (AvgIpc) is 2.26. The molecule has 96 valence electrons. The van der Waals surface area contributed by atoms with E-state index in [2.05, 4.69) is 0 Å². The van der Waals surface area contributed by atoms with Gasteiger partial charge in [0.1, 0.15) is 6.61 Å². The second-order valence-corrected chi connectivity index (χ2v) is 4.44. The summed E-state index contributed by atoms with van der Waals surface area (Å²) >= 11 is 0. The Morgan fingerprint density at radius 2 is 2.25 bits per heavy atom. The van der Waals surface area contributed by atoms with E-state index in [1.807, 2.05) is 18.7 Å². The van der Waals surface area contributed by atoms with E-state index < -0.39 is 0 Å². The molecule has 1 saturated heterocycles. The SMILES string of the molecule is CC(C)OCC(=O)N1CCCC(CN)C1.Cl. The van der Waals surface area contributed by atoms with E-state index in [0.29, 0.717) is 12.5 Å². The summed E-state index contributed by atoms with van der Waals surface area (Å²) in [4.78, 5) is 13.6. The van der Waals surface area contributed by atoms with Gasteiger partial charge in [0.25, 0.3) is 0 Å². The molecule has 0 aromatic heterocycles. The first kappa shape index (κ1) is 15.7. The number of likely N-dealkylation sites (tertiary alicyclic amines) is 1. The highest BCUT2D eigenvalue weighted by Gasteiger charge is 2.22. The lowest BCUT2D eigenvalue weighted by molar-refractivity contribution is -0.139. The highest BCUT2D eigenvalue weighted by atomic mass is 35.5. The summed E-state index contributed by atoms with van der Waals surface area (Å²) < 4.78 is 5.30. The number of rotatable bonds is 4. The van der Waals surface area contributed by atoms with Gasteiger partial charge < -0.3 is 15.4 Å². The lowest BCUT2D eigenvalue weighted by Crippen LogP contribution is -2.43. The van der Waals surface area contributed by atoms with E-state index in [-0.39, 0.29) is 31.0 Å². The van der Waals surface area contributed by atoms with E-state index in [1.165, 1.54) is 0 Å². The van der Waals surface area contributed by atoms with Crippen LogP contribution in [0.1, 0.15) is 26.7 Å². The monoisotopic (exact) mass is 250 g/mol. The Hall–Kier alpha value is -0.320. The van der Waals surface area contributed by atoms with Crippen molar-refractivity contribution in [3.63, 3.8) is 0 Å². The van der Waals surface area contributed by atoms with Crippen LogP contribution >= 0.6 is 12.4 Å². The van der Waals surface area contributed by atoms with E-state index in [0.717, 1.165) is 25.9 Å². The molecule has 1 unspecified atom stereocenters. The fourth-order valence-corrected chi connectivity index (χ4v) is 1.81. The standard InChI is InChI=1S/C11H22N2O2.ClH/c1-9(2)15-8-11(14)13-5-3-4-10(6-12)7-13;/h9-10H,3-8,12H2,1-2H3;1H. The van der Waals surface area contributed by atoms with Gasteiger partial charge in [-0.2, -0.15) is 0 Å². The molecule has 0 spiro atoms. The van der Waals surface area contributed by atoms with Crippen molar-refractivity contribution in [3.8, 4) is 0 Å². The molecule has 1 fully saturated rings. The zero-order valence-corrected chi connectivity index (χ0v) is 11.0. The lowest BCUT2D eigenvalue weighted by Gasteiger charge is -2.32. The molecule has 1 aliphatic heterocycles. The molecule has 1 heterocycles. The molecular weight excluding hydrogens is 228 g/mol. The van der Waals surface area contributed by atoms with Crippen molar-refractivity contribution in [2.45, 2.75) is 32.8 Å². The zero-order chi connectivity index (χ0) is 11.3. The van der Waals surface area contributed by atoms with Crippen molar-refractivity contribution >= 4 is 18.3 Å². The van der Waals surface area contributed by atoms with E-state index >= 15 is 0 Å². The van der Waals surface area contributed by atoms with Crippen LogP contribution in [0.5, 0.6) is 0 Å². The molecule has 4 nitrogen and oxygen atoms in total. The first-order valence-electron chi connectivity index (χ1n) is 5.73. The predicted octanol–water partition coefficient (Wildman–Crippen LogP) is 1.03. The summed E-state index contributed by atoms with van der Waals surface area (Å²) in [6, 6.07) is 0. The van der Waals surface area contributed by atoms with Crippen LogP contribution in [0.15, 0.2) is 0 Å². The molecule has 1 amide bonds. The molecule has 0 bridgehead atoms. The number of amides is 1. The Morgan fingerprint density at radius 3 is 2.81 bits per heavy atom. The maximum Gasteiger partial charge on any atom is 0.248 e. The predicted molar refractivity (Wildman–Crippen MR) is 66.7 cm³/mol. The summed E-state index contributed by atoms with van der Waals surface area (Å²) in [6.45, 7) is 6.41. The van der Waals surface area contributed by atoms with Crippen LogP contribution in [0.25, 0.3) is 0 Å². The van der Waals surface area contributed by atoms with Crippen LogP contribution in [0.4, 0.5) is 0 Å². The fourth-order valence-electron chi connectivity index (χ4n) is 1.81. The van der Waals surface area contributed by atoms with Gasteiger partial charge in [-0.1, -0.05) is 0 Å². The first-order chi connectivity index (χ1) is 7.13. The third-order valence-electron chi connectivity index (χ3n) is 2.75. The van der Waals surface area contributed by atoms with Gasteiger partial charge in [-0.3, -0.25) is 4.79 Å². The third-order valence-corrected chi connectivity index (χ3v) is 2.75.